The van der Waals surface area contributed by atoms with Gasteiger partial charge in [0, 0.05) is 18.9 Å². The molecular weight excluding hydrogens is 370 g/mol. The van der Waals surface area contributed by atoms with Gasteiger partial charge in [0.25, 0.3) is 5.91 Å². The predicted octanol–water partition coefficient (Wildman–Crippen LogP) is 2.46. The number of oxazole rings is 1. The number of nitrogens with one attached hydrogen (secondary N) is 1. The number of anilines is 2. The van der Waals surface area contributed by atoms with E-state index in [2.05, 4.69) is 10.3 Å². The molecule has 3 aromatic rings. The van der Waals surface area contributed by atoms with Crippen LogP contribution in [0.5, 0.6) is 0 Å². The number of benzene rings is 2. The number of nitrogens with zero attached hydrogens (tertiary/aromatic N) is 2. The zero-order chi connectivity index (χ0) is 19.2. The highest BCUT2D eigenvalue weighted by atomic mass is 32.2. The molecule has 1 aliphatic heterocycles. The maximum atomic E-state index is 12.6. The highest BCUT2D eigenvalue weighted by Gasteiger charge is 2.36. The minimum Gasteiger partial charge on any atom is -0.439 e. The molecule has 2 heterocycles. The highest BCUT2D eigenvalue weighted by molar-refractivity contribution is 7.94. The van der Waals surface area contributed by atoms with Crippen LogP contribution in [0.15, 0.2) is 46.9 Å². The van der Waals surface area contributed by atoms with Crippen molar-refractivity contribution in [3.05, 3.63) is 53.9 Å². The summed E-state index contributed by atoms with van der Waals surface area (Å²) in [4.78, 5) is 28.8. The smallest absolute Gasteiger partial charge is 0.255 e. The molecule has 27 heavy (non-hydrogen) atoms. The zero-order valence-corrected chi connectivity index (χ0v) is 15.1. The molecule has 0 aliphatic carbocycles. The molecule has 2 amide bonds. The molecule has 0 atom stereocenters. The molecule has 4 rings (SSSR count). The van der Waals surface area contributed by atoms with Gasteiger partial charge in [0.2, 0.25) is 15.9 Å². The second kappa shape index (κ2) is 6.20. The number of aryl methyl sites for hydroxylation is 1. The number of fused-ring (bicyclic) bond motifs is 1. The predicted molar refractivity (Wildman–Crippen MR) is 99.0 cm³/mol. The van der Waals surface area contributed by atoms with Crippen molar-refractivity contribution in [3.8, 4) is 0 Å². The van der Waals surface area contributed by atoms with Crippen molar-refractivity contribution in [1.82, 2.24) is 4.98 Å². The molecule has 1 N–H and O–H groups in total. The third-order valence-electron chi connectivity index (χ3n) is 4.19. The van der Waals surface area contributed by atoms with E-state index in [4.69, 9.17) is 4.42 Å². The number of carbonyl (C=O) groups excluding carboxylic acids is 2. The van der Waals surface area contributed by atoms with Crippen LogP contribution >= 0.6 is 0 Å². The first kappa shape index (κ1) is 17.2. The molecule has 1 aromatic heterocycles. The fourth-order valence-electron chi connectivity index (χ4n) is 3.00. The fourth-order valence-corrected chi connectivity index (χ4v) is 4.45. The first-order valence-corrected chi connectivity index (χ1v) is 9.79. The van der Waals surface area contributed by atoms with Crippen LogP contribution in [0.1, 0.15) is 22.7 Å². The van der Waals surface area contributed by atoms with E-state index >= 15 is 0 Å². The van der Waals surface area contributed by atoms with Crippen LogP contribution in [0.4, 0.5) is 11.4 Å². The number of rotatable bonds is 3. The van der Waals surface area contributed by atoms with Crippen molar-refractivity contribution in [2.24, 2.45) is 0 Å². The van der Waals surface area contributed by atoms with E-state index in [9.17, 15) is 18.0 Å². The Morgan fingerprint density at radius 3 is 2.74 bits per heavy atom. The van der Waals surface area contributed by atoms with E-state index in [1.807, 2.05) is 0 Å². The lowest BCUT2D eigenvalue weighted by Gasteiger charge is -2.15. The molecule has 1 fully saturated rings. The molecule has 0 saturated carbocycles. The first-order valence-electron chi connectivity index (χ1n) is 8.18. The first-order chi connectivity index (χ1) is 12.8. The number of carbonyl (C=O) groups is 2. The quantitative estimate of drug-likeness (QED) is 0.742. The summed E-state index contributed by atoms with van der Waals surface area (Å²) in [6, 6.07) is 11.1. The molecule has 9 heteroatoms. The van der Waals surface area contributed by atoms with Crippen LogP contribution in [0.2, 0.25) is 0 Å². The number of sulfonamides is 1. The summed E-state index contributed by atoms with van der Waals surface area (Å²) in [6.45, 7) is 1.71. The minimum absolute atomic E-state index is 0.0639. The lowest BCUT2D eigenvalue weighted by molar-refractivity contribution is -0.116. The van der Waals surface area contributed by atoms with Crippen LogP contribution in [0.25, 0.3) is 11.1 Å². The largest absolute Gasteiger partial charge is 0.439 e. The normalized spacial score (nSPS) is 16.0. The fraction of sp³-hybridized carbons (Fsp3) is 0.167. The molecule has 8 nitrogen and oxygen atoms in total. The summed E-state index contributed by atoms with van der Waals surface area (Å²) in [7, 11) is -3.69. The van der Waals surface area contributed by atoms with Gasteiger partial charge in [-0.05, 0) is 30.3 Å². The Morgan fingerprint density at radius 1 is 1.22 bits per heavy atom. The van der Waals surface area contributed by atoms with Gasteiger partial charge in [0.05, 0.1) is 17.1 Å². The van der Waals surface area contributed by atoms with Gasteiger partial charge < -0.3 is 9.73 Å². The van der Waals surface area contributed by atoms with Gasteiger partial charge in [0.1, 0.15) is 5.52 Å². The van der Waals surface area contributed by atoms with Crippen LogP contribution < -0.4 is 9.62 Å². The lowest BCUT2D eigenvalue weighted by Crippen LogP contribution is -2.29. The average molecular weight is 385 g/mol. The Labute approximate surface area is 154 Å². The Bertz CT molecular complexity index is 1180. The van der Waals surface area contributed by atoms with Gasteiger partial charge >= 0.3 is 0 Å². The maximum Gasteiger partial charge on any atom is 0.255 e. The van der Waals surface area contributed by atoms with Gasteiger partial charge in [-0.25, -0.2) is 17.7 Å². The van der Waals surface area contributed by atoms with Crippen LogP contribution in [-0.2, 0) is 14.8 Å². The molecule has 138 valence electrons. The van der Waals surface area contributed by atoms with Crippen molar-refractivity contribution in [2.45, 2.75) is 13.3 Å². The van der Waals surface area contributed by atoms with E-state index in [1.54, 1.807) is 25.1 Å². The summed E-state index contributed by atoms with van der Waals surface area (Å²) in [5.74, 6) is -0.710. The monoisotopic (exact) mass is 385 g/mol. The number of para-hydroxylation sites is 1. The molecule has 1 saturated heterocycles. The van der Waals surface area contributed by atoms with Crippen molar-refractivity contribution in [2.75, 3.05) is 15.4 Å². The van der Waals surface area contributed by atoms with Crippen molar-refractivity contribution in [3.63, 3.8) is 0 Å². The standard InChI is InChI=1S/C18H15N3O5S/c1-11-19-14-6-3-7-15(17(14)26-11)20-18(23)12-4-2-5-13(10-12)21-16(22)8-9-27(21,24)25/h2-7,10H,8-9H2,1H3,(H,20,23). The van der Waals surface area contributed by atoms with Crippen LogP contribution in [0, 0.1) is 6.92 Å². The maximum absolute atomic E-state index is 12.6. The third kappa shape index (κ3) is 3.06. The van der Waals surface area contributed by atoms with E-state index < -0.39 is 21.8 Å². The Kier molecular flexibility index (Phi) is 3.96. The lowest BCUT2D eigenvalue weighted by atomic mass is 10.1. The molecule has 0 spiro atoms. The summed E-state index contributed by atoms with van der Waals surface area (Å²) in [6.07, 6.45) is -0.0639. The van der Waals surface area contributed by atoms with E-state index in [0.717, 1.165) is 4.31 Å². The van der Waals surface area contributed by atoms with E-state index in [0.29, 0.717) is 22.7 Å². The third-order valence-corrected chi connectivity index (χ3v) is 5.88. The molecule has 0 unspecified atom stereocenters. The number of hydrogen-bond acceptors (Lipinski definition) is 6. The van der Waals surface area contributed by atoms with Gasteiger partial charge in [-0.3, -0.25) is 9.59 Å². The summed E-state index contributed by atoms with van der Waals surface area (Å²) in [5, 5.41) is 2.74. The van der Waals surface area contributed by atoms with Crippen molar-refractivity contribution < 1.29 is 22.4 Å². The molecule has 1 aliphatic rings. The van der Waals surface area contributed by atoms with E-state index in [1.165, 1.54) is 24.3 Å². The Morgan fingerprint density at radius 2 is 2.00 bits per heavy atom. The minimum atomic E-state index is -3.69. The summed E-state index contributed by atoms with van der Waals surface area (Å²) >= 11 is 0. The highest BCUT2D eigenvalue weighted by Crippen LogP contribution is 2.27. The van der Waals surface area contributed by atoms with Gasteiger partial charge in [0.15, 0.2) is 11.5 Å². The second-order valence-electron chi connectivity index (χ2n) is 6.12. The summed E-state index contributed by atoms with van der Waals surface area (Å²) < 4.78 is 30.4. The van der Waals surface area contributed by atoms with Crippen molar-refractivity contribution in [1.29, 1.82) is 0 Å². The Hall–Kier alpha value is -3.20. The Balaban J connectivity index is 1.66. The average Bonchev–Trinajstić information content (AvgIpc) is 3.14. The van der Waals surface area contributed by atoms with Gasteiger partial charge in [-0.15, -0.1) is 0 Å². The number of hydrogen-bond donors (Lipinski definition) is 1. The van der Waals surface area contributed by atoms with Crippen LogP contribution in [0.3, 0.4) is 0 Å². The summed E-state index contributed by atoms with van der Waals surface area (Å²) in [5.41, 5.74) is 1.90. The number of amides is 2. The second-order valence-corrected chi connectivity index (χ2v) is 8.05. The van der Waals surface area contributed by atoms with Crippen LogP contribution in [-0.4, -0.2) is 31.0 Å². The molecular formula is C18H15N3O5S. The topological polar surface area (TPSA) is 110 Å². The van der Waals surface area contributed by atoms with Crippen molar-refractivity contribution >= 4 is 44.3 Å². The molecule has 0 radical (unpaired) electrons. The molecule has 0 bridgehead atoms. The zero-order valence-electron chi connectivity index (χ0n) is 14.3. The van der Waals surface area contributed by atoms with Gasteiger partial charge in [-0.2, -0.15) is 0 Å². The van der Waals surface area contributed by atoms with E-state index in [-0.39, 0.29) is 23.4 Å². The SMILES string of the molecule is Cc1nc2cccc(NC(=O)c3cccc(N4C(=O)CCS4(=O)=O)c3)c2o1. The van der Waals surface area contributed by atoms with Gasteiger partial charge in [-0.1, -0.05) is 12.1 Å². The molecule has 2 aromatic carbocycles. The number of aromatic nitrogens is 1.